The molecular formula is C6H12N2O3. The molecule has 0 rings (SSSR count). The molecule has 0 saturated heterocycles. The SMILES string of the molecule is CCCOC(=O)/N=C(\N)OC. The van der Waals surface area contributed by atoms with Crippen LogP contribution in [0.15, 0.2) is 4.99 Å². The van der Waals surface area contributed by atoms with Crippen LogP contribution in [0.4, 0.5) is 4.79 Å². The van der Waals surface area contributed by atoms with Crippen LogP contribution in [0.25, 0.3) is 0 Å². The average Bonchev–Trinajstić information content (AvgIpc) is 2.00. The molecule has 0 aromatic rings. The second kappa shape index (κ2) is 5.52. The molecule has 0 aliphatic rings. The summed E-state index contributed by atoms with van der Waals surface area (Å²) in [5.41, 5.74) is 5.07. The fourth-order valence-corrected chi connectivity index (χ4v) is 0.357. The van der Waals surface area contributed by atoms with Gasteiger partial charge in [0.1, 0.15) is 0 Å². The highest BCUT2D eigenvalue weighted by molar-refractivity contribution is 5.85. The maximum Gasteiger partial charge on any atom is 0.438 e. The zero-order chi connectivity index (χ0) is 8.69. The van der Waals surface area contributed by atoms with Crippen molar-refractivity contribution < 1.29 is 14.3 Å². The first kappa shape index (κ1) is 9.74. The van der Waals surface area contributed by atoms with Gasteiger partial charge in [-0.3, -0.25) is 0 Å². The number of nitrogens with zero attached hydrogens (tertiary/aromatic N) is 1. The highest BCUT2D eigenvalue weighted by Crippen LogP contribution is 1.86. The zero-order valence-electron chi connectivity index (χ0n) is 6.66. The zero-order valence-corrected chi connectivity index (χ0v) is 6.66. The van der Waals surface area contributed by atoms with E-state index in [4.69, 9.17) is 5.73 Å². The van der Waals surface area contributed by atoms with E-state index in [1.807, 2.05) is 6.92 Å². The van der Waals surface area contributed by atoms with Gasteiger partial charge in [0.2, 0.25) is 0 Å². The monoisotopic (exact) mass is 160 g/mol. The number of hydrogen-bond donors (Lipinski definition) is 1. The summed E-state index contributed by atoms with van der Waals surface area (Å²) < 4.78 is 9.00. The average molecular weight is 160 g/mol. The van der Waals surface area contributed by atoms with E-state index in [-0.39, 0.29) is 6.02 Å². The van der Waals surface area contributed by atoms with Crippen molar-refractivity contribution >= 4 is 12.1 Å². The number of amidine groups is 1. The first-order valence-corrected chi connectivity index (χ1v) is 3.25. The Balaban J connectivity index is 3.67. The summed E-state index contributed by atoms with van der Waals surface area (Å²) in [4.78, 5) is 13.8. The van der Waals surface area contributed by atoms with E-state index in [9.17, 15) is 4.79 Å². The summed E-state index contributed by atoms with van der Waals surface area (Å²) in [6, 6.07) is -0.189. The number of hydrogen-bond acceptors (Lipinski definition) is 3. The van der Waals surface area contributed by atoms with Crippen molar-refractivity contribution in [3.8, 4) is 0 Å². The van der Waals surface area contributed by atoms with E-state index in [1.54, 1.807) is 0 Å². The van der Waals surface area contributed by atoms with E-state index < -0.39 is 6.09 Å². The van der Waals surface area contributed by atoms with Crippen molar-refractivity contribution in [3.63, 3.8) is 0 Å². The summed E-state index contributed by atoms with van der Waals surface area (Å²) in [5.74, 6) is 0. The maximum absolute atomic E-state index is 10.6. The number of ether oxygens (including phenoxy) is 2. The van der Waals surface area contributed by atoms with Crippen molar-refractivity contribution in [1.29, 1.82) is 0 Å². The lowest BCUT2D eigenvalue weighted by Gasteiger charge is -1.98. The molecule has 0 heterocycles. The predicted molar refractivity (Wildman–Crippen MR) is 40.3 cm³/mol. The third-order valence-corrected chi connectivity index (χ3v) is 0.840. The van der Waals surface area contributed by atoms with Crippen LogP contribution in [-0.2, 0) is 9.47 Å². The molecule has 2 N–H and O–H groups in total. The van der Waals surface area contributed by atoms with Crippen LogP contribution in [0, 0.1) is 0 Å². The highest BCUT2D eigenvalue weighted by Gasteiger charge is 1.99. The molecule has 0 spiro atoms. The van der Waals surface area contributed by atoms with E-state index in [0.29, 0.717) is 6.61 Å². The number of methoxy groups -OCH3 is 1. The number of carbonyl (C=O) groups excluding carboxylic acids is 1. The molecule has 0 bridgehead atoms. The molecule has 11 heavy (non-hydrogen) atoms. The van der Waals surface area contributed by atoms with Crippen LogP contribution >= 0.6 is 0 Å². The molecule has 5 nitrogen and oxygen atoms in total. The van der Waals surface area contributed by atoms with Crippen LogP contribution in [0.1, 0.15) is 13.3 Å². The summed E-state index contributed by atoms with van der Waals surface area (Å²) in [7, 11) is 1.33. The molecule has 0 aliphatic heterocycles. The Kier molecular flexibility index (Phi) is 4.89. The smallest absolute Gasteiger partial charge is 0.438 e. The molecule has 0 fully saturated rings. The van der Waals surface area contributed by atoms with E-state index in [1.165, 1.54) is 7.11 Å². The minimum absolute atomic E-state index is 0.189. The minimum atomic E-state index is -0.716. The van der Waals surface area contributed by atoms with Gasteiger partial charge >= 0.3 is 6.09 Å². The first-order valence-electron chi connectivity index (χ1n) is 3.25. The van der Waals surface area contributed by atoms with Crippen molar-refractivity contribution in [1.82, 2.24) is 0 Å². The van der Waals surface area contributed by atoms with Crippen molar-refractivity contribution in [2.45, 2.75) is 13.3 Å². The van der Waals surface area contributed by atoms with E-state index in [0.717, 1.165) is 6.42 Å². The van der Waals surface area contributed by atoms with Crippen LogP contribution in [0.2, 0.25) is 0 Å². The standard InChI is InChI=1S/C6H12N2O3/c1-3-4-11-6(9)8-5(7)10-2/h3-4H2,1-2H3,(H2,7,8,9). The lowest BCUT2D eigenvalue weighted by molar-refractivity contribution is 0.156. The molecule has 5 heteroatoms. The lowest BCUT2D eigenvalue weighted by atomic mass is 10.5. The van der Waals surface area contributed by atoms with Gasteiger partial charge in [0.05, 0.1) is 13.7 Å². The maximum atomic E-state index is 10.6. The molecule has 0 aliphatic carbocycles. The van der Waals surface area contributed by atoms with Gasteiger partial charge in [-0.05, 0) is 6.42 Å². The Labute approximate surface area is 65.2 Å². The van der Waals surface area contributed by atoms with E-state index >= 15 is 0 Å². The molecule has 0 unspecified atom stereocenters. The molecule has 0 saturated carbocycles. The Bertz CT molecular complexity index is 156. The van der Waals surface area contributed by atoms with Gasteiger partial charge < -0.3 is 15.2 Å². The Morgan fingerprint density at radius 1 is 1.64 bits per heavy atom. The lowest BCUT2D eigenvalue weighted by Crippen LogP contribution is -2.16. The molecule has 0 radical (unpaired) electrons. The third kappa shape index (κ3) is 5.20. The van der Waals surface area contributed by atoms with E-state index in [2.05, 4.69) is 14.5 Å². The Hall–Kier alpha value is -1.26. The molecule has 1 amide bonds. The Morgan fingerprint density at radius 3 is 2.73 bits per heavy atom. The van der Waals surface area contributed by atoms with Crippen molar-refractivity contribution in [2.75, 3.05) is 13.7 Å². The summed E-state index contributed by atoms with van der Waals surface area (Å²) >= 11 is 0. The van der Waals surface area contributed by atoms with Gasteiger partial charge in [-0.2, -0.15) is 0 Å². The van der Waals surface area contributed by atoms with Gasteiger partial charge in [-0.1, -0.05) is 6.92 Å². The number of aliphatic imine (C=N–C) groups is 1. The normalized spacial score (nSPS) is 10.9. The second-order valence-corrected chi connectivity index (χ2v) is 1.77. The van der Waals surface area contributed by atoms with Crippen LogP contribution in [0.5, 0.6) is 0 Å². The Morgan fingerprint density at radius 2 is 2.27 bits per heavy atom. The number of carbonyl (C=O) groups is 1. The number of nitrogens with two attached hydrogens (primary N) is 1. The fraction of sp³-hybridized carbons (Fsp3) is 0.667. The van der Waals surface area contributed by atoms with Gasteiger partial charge in [-0.25, -0.2) is 4.79 Å². The topological polar surface area (TPSA) is 73.9 Å². The van der Waals surface area contributed by atoms with Crippen LogP contribution in [0.3, 0.4) is 0 Å². The first-order chi connectivity index (χ1) is 5.20. The largest absolute Gasteiger partial charge is 0.468 e. The minimum Gasteiger partial charge on any atom is -0.468 e. The third-order valence-electron chi connectivity index (χ3n) is 0.840. The number of amides is 1. The number of rotatable bonds is 2. The van der Waals surface area contributed by atoms with Gasteiger partial charge in [0.15, 0.2) is 0 Å². The fourth-order valence-electron chi connectivity index (χ4n) is 0.357. The van der Waals surface area contributed by atoms with Crippen molar-refractivity contribution in [3.05, 3.63) is 0 Å². The highest BCUT2D eigenvalue weighted by atomic mass is 16.6. The molecule has 0 aromatic carbocycles. The van der Waals surface area contributed by atoms with Gasteiger partial charge in [0.25, 0.3) is 6.02 Å². The van der Waals surface area contributed by atoms with Gasteiger partial charge in [-0.15, -0.1) is 4.99 Å². The van der Waals surface area contributed by atoms with Crippen molar-refractivity contribution in [2.24, 2.45) is 10.7 Å². The van der Waals surface area contributed by atoms with Gasteiger partial charge in [0, 0.05) is 0 Å². The molecular weight excluding hydrogens is 148 g/mol. The van der Waals surface area contributed by atoms with Crippen LogP contribution < -0.4 is 5.73 Å². The quantitative estimate of drug-likeness (QED) is 0.471. The molecule has 64 valence electrons. The molecule has 0 atom stereocenters. The summed E-state index contributed by atoms with van der Waals surface area (Å²) in [6.45, 7) is 2.23. The molecule has 0 aromatic heterocycles. The summed E-state index contributed by atoms with van der Waals surface area (Å²) in [5, 5.41) is 0. The summed E-state index contributed by atoms with van der Waals surface area (Å²) in [6.07, 6.45) is 0.0416. The predicted octanol–water partition coefficient (Wildman–Crippen LogP) is 0.494. The van der Waals surface area contributed by atoms with Crippen LogP contribution in [-0.4, -0.2) is 25.8 Å². The second-order valence-electron chi connectivity index (χ2n) is 1.77.